The zero-order valence-corrected chi connectivity index (χ0v) is 15.8. The third kappa shape index (κ3) is 4.04. The molecule has 2 aromatic rings. The number of halogens is 1. The van der Waals surface area contributed by atoms with Crippen molar-refractivity contribution in [1.29, 1.82) is 0 Å². The molecule has 2 heterocycles. The van der Waals surface area contributed by atoms with Gasteiger partial charge in [-0.15, -0.1) is 0 Å². The minimum Gasteiger partial charge on any atom is -0.479 e. The molecule has 1 unspecified atom stereocenters. The van der Waals surface area contributed by atoms with E-state index in [9.17, 15) is 23.9 Å². The van der Waals surface area contributed by atoms with Crippen molar-refractivity contribution in [3.63, 3.8) is 0 Å². The maximum absolute atomic E-state index is 13.6. The lowest BCUT2D eigenvalue weighted by Crippen LogP contribution is -2.30. The van der Waals surface area contributed by atoms with E-state index in [-0.39, 0.29) is 24.4 Å². The lowest BCUT2D eigenvalue weighted by molar-refractivity contribution is -0.146. The molecule has 1 atom stereocenters. The predicted octanol–water partition coefficient (Wildman–Crippen LogP) is 1.83. The number of carbonyl (C=O) groups excluding carboxylic acids is 2. The quantitative estimate of drug-likeness (QED) is 0.471. The van der Waals surface area contributed by atoms with Gasteiger partial charge in [0.2, 0.25) is 0 Å². The topological polar surface area (TPSA) is 132 Å². The van der Waals surface area contributed by atoms with Crippen LogP contribution < -0.4 is 10.6 Å². The number of amides is 2. The van der Waals surface area contributed by atoms with E-state index in [1.807, 2.05) is 0 Å². The molecule has 0 fully saturated rings. The molecule has 0 saturated carbocycles. The van der Waals surface area contributed by atoms with Gasteiger partial charge in [0, 0.05) is 35.6 Å². The number of aliphatic hydroxyl groups excluding tert-OH is 1. The van der Waals surface area contributed by atoms with E-state index in [2.05, 4.69) is 15.6 Å². The SMILES string of the molecule is Cc1[nH]c(/C=C2\C(=O)Nc3ccc(F)cc32)c(C)c1C(=O)NCCC(O)C(=O)O. The maximum Gasteiger partial charge on any atom is 0.332 e. The number of fused-ring (bicyclic) bond motifs is 1. The van der Waals surface area contributed by atoms with Crippen molar-refractivity contribution < 1.29 is 29.0 Å². The van der Waals surface area contributed by atoms with Crippen LogP contribution in [0.4, 0.5) is 10.1 Å². The molecule has 1 aliphatic rings. The lowest BCUT2D eigenvalue weighted by Gasteiger charge is -2.08. The van der Waals surface area contributed by atoms with Crippen LogP contribution in [0, 0.1) is 19.7 Å². The van der Waals surface area contributed by atoms with Gasteiger partial charge in [-0.05, 0) is 43.7 Å². The number of rotatable bonds is 6. The number of anilines is 1. The molecule has 29 heavy (non-hydrogen) atoms. The number of nitrogens with one attached hydrogen (secondary N) is 3. The number of aliphatic carboxylic acids is 1. The smallest absolute Gasteiger partial charge is 0.332 e. The monoisotopic (exact) mass is 401 g/mol. The van der Waals surface area contributed by atoms with E-state index in [1.54, 1.807) is 19.9 Å². The van der Waals surface area contributed by atoms with E-state index in [0.29, 0.717) is 33.8 Å². The van der Waals surface area contributed by atoms with Gasteiger partial charge >= 0.3 is 5.97 Å². The molecule has 152 valence electrons. The van der Waals surface area contributed by atoms with E-state index in [0.717, 1.165) is 0 Å². The predicted molar refractivity (Wildman–Crippen MR) is 104 cm³/mol. The summed E-state index contributed by atoms with van der Waals surface area (Å²) in [6.45, 7) is 3.39. The molecule has 0 spiro atoms. The largest absolute Gasteiger partial charge is 0.479 e. The summed E-state index contributed by atoms with van der Waals surface area (Å²) in [7, 11) is 0. The molecule has 5 N–H and O–H groups in total. The standard InChI is InChI=1S/C20H20FN3O5/c1-9-15(8-13-12-7-11(21)3-4-14(12)24-18(13)26)23-10(2)17(9)19(27)22-6-5-16(25)20(28)29/h3-4,7-8,16,23,25H,5-6H2,1-2H3,(H,22,27)(H,24,26)(H,28,29)/b13-8-. The number of carboxylic acid groups (broad SMARTS) is 1. The second-order valence-corrected chi connectivity index (χ2v) is 6.76. The summed E-state index contributed by atoms with van der Waals surface area (Å²) in [5.74, 6) is -2.62. The van der Waals surface area contributed by atoms with Gasteiger partial charge in [0.15, 0.2) is 6.10 Å². The lowest BCUT2D eigenvalue weighted by atomic mass is 10.0. The molecule has 0 radical (unpaired) electrons. The van der Waals surface area contributed by atoms with Crippen molar-refractivity contribution in [1.82, 2.24) is 10.3 Å². The van der Waals surface area contributed by atoms with Gasteiger partial charge in [-0.25, -0.2) is 9.18 Å². The Labute approximate surface area is 165 Å². The summed E-state index contributed by atoms with van der Waals surface area (Å²) in [6, 6.07) is 4.02. The zero-order valence-electron chi connectivity index (χ0n) is 15.8. The number of aromatic amines is 1. The highest BCUT2D eigenvalue weighted by Crippen LogP contribution is 2.34. The van der Waals surface area contributed by atoms with Crippen LogP contribution in [0.3, 0.4) is 0 Å². The molecule has 0 saturated heterocycles. The molecule has 9 heteroatoms. The Bertz CT molecular complexity index is 1040. The second-order valence-electron chi connectivity index (χ2n) is 6.76. The van der Waals surface area contributed by atoms with Crippen LogP contribution in [0.5, 0.6) is 0 Å². The Kier molecular flexibility index (Phi) is 5.51. The molecule has 0 bridgehead atoms. The first-order valence-corrected chi connectivity index (χ1v) is 8.90. The van der Waals surface area contributed by atoms with Crippen molar-refractivity contribution in [2.45, 2.75) is 26.4 Å². The average Bonchev–Trinajstić information content (AvgIpc) is 3.11. The maximum atomic E-state index is 13.6. The van der Waals surface area contributed by atoms with Gasteiger partial charge in [-0.2, -0.15) is 0 Å². The Morgan fingerprint density at radius 1 is 1.31 bits per heavy atom. The van der Waals surface area contributed by atoms with Crippen molar-refractivity contribution in [3.05, 3.63) is 52.1 Å². The van der Waals surface area contributed by atoms with Crippen molar-refractivity contribution in [2.24, 2.45) is 0 Å². The number of H-pyrrole nitrogens is 1. The number of carbonyl (C=O) groups is 3. The van der Waals surface area contributed by atoms with Gasteiger partial charge in [0.1, 0.15) is 5.82 Å². The molecule has 2 amide bonds. The normalized spacial score (nSPS) is 15.2. The zero-order chi connectivity index (χ0) is 21.3. The molecule has 3 rings (SSSR count). The molecule has 1 aromatic carbocycles. The number of hydrogen-bond donors (Lipinski definition) is 5. The Hall–Kier alpha value is -3.46. The number of aromatic nitrogens is 1. The minimum absolute atomic E-state index is 0.0121. The third-order valence-corrected chi connectivity index (χ3v) is 4.74. The number of aryl methyl sites for hydroxylation is 1. The summed E-state index contributed by atoms with van der Waals surface area (Å²) in [6.07, 6.45) is -0.109. The van der Waals surface area contributed by atoms with Crippen LogP contribution in [-0.4, -0.2) is 45.6 Å². The third-order valence-electron chi connectivity index (χ3n) is 4.74. The van der Waals surface area contributed by atoms with Crippen LogP contribution in [0.25, 0.3) is 11.6 Å². The van der Waals surface area contributed by atoms with E-state index in [1.165, 1.54) is 18.2 Å². The molecule has 8 nitrogen and oxygen atoms in total. The highest BCUT2D eigenvalue weighted by atomic mass is 19.1. The van der Waals surface area contributed by atoms with Gasteiger partial charge in [0.25, 0.3) is 11.8 Å². The fourth-order valence-corrected chi connectivity index (χ4v) is 3.24. The molecule has 1 aliphatic heterocycles. The molecular weight excluding hydrogens is 381 g/mol. The Balaban J connectivity index is 1.84. The minimum atomic E-state index is -1.55. The highest BCUT2D eigenvalue weighted by molar-refractivity contribution is 6.34. The number of aliphatic hydroxyl groups is 1. The Morgan fingerprint density at radius 2 is 2.03 bits per heavy atom. The van der Waals surface area contributed by atoms with Crippen LogP contribution in [-0.2, 0) is 9.59 Å². The fourth-order valence-electron chi connectivity index (χ4n) is 3.24. The average molecular weight is 401 g/mol. The van der Waals surface area contributed by atoms with Gasteiger partial charge in [-0.3, -0.25) is 9.59 Å². The summed E-state index contributed by atoms with van der Waals surface area (Å²) in [5, 5.41) is 23.2. The van der Waals surface area contributed by atoms with Crippen LogP contribution in [0.15, 0.2) is 18.2 Å². The first-order valence-electron chi connectivity index (χ1n) is 8.90. The van der Waals surface area contributed by atoms with E-state index < -0.39 is 23.8 Å². The fraction of sp³-hybridized carbons (Fsp3) is 0.250. The van der Waals surface area contributed by atoms with E-state index >= 15 is 0 Å². The highest BCUT2D eigenvalue weighted by Gasteiger charge is 2.26. The second kappa shape index (κ2) is 7.88. The first-order chi connectivity index (χ1) is 13.7. The van der Waals surface area contributed by atoms with Crippen molar-refractivity contribution >= 4 is 35.1 Å². The van der Waals surface area contributed by atoms with Crippen molar-refractivity contribution in [3.8, 4) is 0 Å². The van der Waals surface area contributed by atoms with Crippen LogP contribution in [0.2, 0.25) is 0 Å². The Morgan fingerprint density at radius 3 is 2.72 bits per heavy atom. The molecule has 1 aromatic heterocycles. The van der Waals surface area contributed by atoms with Gasteiger partial charge < -0.3 is 25.8 Å². The van der Waals surface area contributed by atoms with E-state index in [4.69, 9.17) is 5.11 Å². The molecular formula is C20H20FN3O5. The number of carboxylic acids is 1. The van der Waals surface area contributed by atoms with Gasteiger partial charge in [0.05, 0.1) is 11.1 Å². The molecule has 0 aliphatic carbocycles. The summed E-state index contributed by atoms with van der Waals surface area (Å²) in [5.41, 5.74) is 3.27. The summed E-state index contributed by atoms with van der Waals surface area (Å²) < 4.78 is 13.6. The number of hydrogen-bond acceptors (Lipinski definition) is 4. The van der Waals surface area contributed by atoms with Crippen LogP contribution >= 0.6 is 0 Å². The van der Waals surface area contributed by atoms with Crippen molar-refractivity contribution in [2.75, 3.05) is 11.9 Å². The summed E-state index contributed by atoms with van der Waals surface area (Å²) >= 11 is 0. The van der Waals surface area contributed by atoms with Crippen LogP contribution in [0.1, 0.15) is 39.3 Å². The summed E-state index contributed by atoms with van der Waals surface area (Å²) in [4.78, 5) is 38.4. The first kappa shape index (κ1) is 20.3. The number of benzene rings is 1. The van der Waals surface area contributed by atoms with Gasteiger partial charge in [-0.1, -0.05) is 0 Å².